The molecule has 4 aliphatic heterocycles. The molecule has 0 radical (unpaired) electrons. The van der Waals surface area contributed by atoms with E-state index in [1.54, 1.807) is 0 Å². The van der Waals surface area contributed by atoms with Crippen LogP contribution in [0, 0.1) is 34.3 Å². The highest BCUT2D eigenvalue weighted by atomic mass is 32.2. The second kappa shape index (κ2) is 21.4. The summed E-state index contributed by atoms with van der Waals surface area (Å²) in [6, 6.07) is 17.1. The van der Waals surface area contributed by atoms with E-state index in [0.29, 0.717) is 0 Å². The van der Waals surface area contributed by atoms with Crippen LogP contribution in [0.15, 0.2) is 107 Å². The van der Waals surface area contributed by atoms with E-state index >= 15 is 8.78 Å². The van der Waals surface area contributed by atoms with Crippen molar-refractivity contribution in [3.05, 3.63) is 131 Å². The lowest BCUT2D eigenvalue weighted by atomic mass is 9.95. The highest BCUT2D eigenvalue weighted by Crippen LogP contribution is 2.40. The first-order chi connectivity index (χ1) is 36.9. The van der Waals surface area contributed by atoms with Gasteiger partial charge in [0, 0.05) is 49.4 Å². The van der Waals surface area contributed by atoms with E-state index in [1.807, 2.05) is 12.1 Å². The number of amides is 2. The fourth-order valence-corrected chi connectivity index (χ4v) is 11.8. The van der Waals surface area contributed by atoms with E-state index in [-0.39, 0.29) is 95.4 Å². The number of benzene rings is 4. The van der Waals surface area contributed by atoms with Gasteiger partial charge in [0.05, 0.1) is 57.9 Å². The number of nitrogens with one attached hydrogen (secondary N) is 2. The van der Waals surface area contributed by atoms with Gasteiger partial charge in [0.25, 0.3) is 11.8 Å². The largest absolute Gasteiger partial charge is 0.416 e. The van der Waals surface area contributed by atoms with Crippen LogP contribution >= 0.6 is 0 Å². The second-order valence-corrected chi connectivity index (χ2v) is 21.1. The summed E-state index contributed by atoms with van der Waals surface area (Å²) in [5.74, 6) is -3.05. The van der Waals surface area contributed by atoms with Crippen molar-refractivity contribution in [3.63, 3.8) is 0 Å². The molecule has 0 bridgehead atoms. The molecule has 4 fully saturated rings. The Hall–Kier alpha value is -8.00. The minimum atomic E-state index is -4.65. The number of hydrogen-bond acceptors (Lipinski definition) is 14. The highest BCUT2D eigenvalue weighted by Gasteiger charge is 2.47. The number of morpholine rings is 2. The van der Waals surface area contributed by atoms with Crippen molar-refractivity contribution in [2.45, 2.75) is 49.5 Å². The molecule has 30 heteroatoms. The van der Waals surface area contributed by atoms with Gasteiger partial charge in [-0.1, -0.05) is 34.6 Å². The third-order valence-corrected chi connectivity index (χ3v) is 15.9. The maximum absolute atomic E-state index is 15.3. The predicted molar refractivity (Wildman–Crippen MR) is 256 cm³/mol. The van der Waals surface area contributed by atoms with E-state index in [4.69, 9.17) is 9.47 Å². The lowest BCUT2D eigenvalue weighted by molar-refractivity contribution is -0.138. The van der Waals surface area contributed by atoms with Crippen LogP contribution in [0.3, 0.4) is 0 Å². The number of fused-ring (bicyclic) bond motifs is 2. The molecule has 78 heavy (non-hydrogen) atoms. The van der Waals surface area contributed by atoms with Crippen LogP contribution in [0.1, 0.15) is 35.1 Å². The molecular weight excluding hydrogens is 1090 g/mol. The van der Waals surface area contributed by atoms with E-state index in [1.165, 1.54) is 46.6 Å². The fraction of sp³-hybridized carbons (Fsp3) is 0.292. The Balaban J connectivity index is 0.000000190. The second-order valence-electron chi connectivity index (χ2n) is 17.7. The van der Waals surface area contributed by atoms with Crippen LogP contribution in [0.4, 0.5) is 58.1 Å². The van der Waals surface area contributed by atoms with Crippen molar-refractivity contribution in [1.82, 2.24) is 18.9 Å². The number of ether oxygens (including phenoxy) is 2. The average molecular weight is 1130 g/mol. The maximum atomic E-state index is 15.3. The SMILES string of the molecule is N#Cc1cc(-c2cccc(C(F)(F)F)c2)c(F)cc1N1C(=O)CO[C@@H]2CN(S(=O)(=O)Nc3ccon3)CC[C@H]21.N#Cc1cc(-c2cccc(C(F)(F)F)c2)c(F)cc1N1C(=O)CO[C@H]2CN(S(=O)(=O)Nc3ccon3)CC[C@@H]21. The number of rotatable bonds is 10. The smallest absolute Gasteiger partial charge is 0.365 e. The van der Waals surface area contributed by atoms with Crippen molar-refractivity contribution in [1.29, 1.82) is 10.5 Å². The molecule has 10 rings (SSSR count). The molecule has 0 unspecified atom stereocenters. The molecule has 20 nitrogen and oxygen atoms in total. The fourth-order valence-electron chi connectivity index (χ4n) is 9.39. The van der Waals surface area contributed by atoms with Crippen molar-refractivity contribution < 1.29 is 80.1 Å². The molecule has 0 saturated carbocycles. The minimum absolute atomic E-state index is 0.0199. The van der Waals surface area contributed by atoms with Crippen LogP contribution in [-0.4, -0.2) is 111 Å². The molecule has 6 aromatic rings. The third kappa shape index (κ3) is 11.3. The van der Waals surface area contributed by atoms with Gasteiger partial charge in [0.2, 0.25) is 0 Å². The van der Waals surface area contributed by atoms with Gasteiger partial charge in [0.1, 0.15) is 49.5 Å². The molecule has 2 amide bonds. The lowest BCUT2D eigenvalue weighted by Gasteiger charge is -2.46. The third-order valence-electron chi connectivity index (χ3n) is 13.0. The Labute approximate surface area is 437 Å². The van der Waals surface area contributed by atoms with Crippen LogP contribution < -0.4 is 19.2 Å². The molecule has 2 N–H and O–H groups in total. The minimum Gasteiger partial charge on any atom is -0.365 e. The molecule has 408 valence electrons. The molecule has 0 aliphatic carbocycles. The molecular formula is C48H38F8N10O10S2. The van der Waals surface area contributed by atoms with E-state index in [9.17, 15) is 63.3 Å². The van der Waals surface area contributed by atoms with Crippen molar-refractivity contribution in [3.8, 4) is 34.4 Å². The summed E-state index contributed by atoms with van der Waals surface area (Å²) in [6.45, 7) is -1.26. The van der Waals surface area contributed by atoms with Crippen molar-refractivity contribution >= 4 is 55.2 Å². The molecule has 4 atom stereocenters. The Morgan fingerprint density at radius 3 is 1.33 bits per heavy atom. The Kier molecular flexibility index (Phi) is 15.1. The number of hydrogen-bond donors (Lipinski definition) is 2. The van der Waals surface area contributed by atoms with Crippen LogP contribution in [0.25, 0.3) is 22.3 Å². The van der Waals surface area contributed by atoms with Gasteiger partial charge in [-0.2, -0.15) is 62.3 Å². The zero-order valence-electron chi connectivity index (χ0n) is 39.7. The number of piperidine rings is 2. The van der Waals surface area contributed by atoms with E-state index < -0.39 is 105 Å². The molecule has 4 saturated heterocycles. The van der Waals surface area contributed by atoms with Crippen molar-refractivity contribution in [2.75, 3.05) is 58.6 Å². The summed E-state index contributed by atoms with van der Waals surface area (Å²) in [6.07, 6.45) is -8.31. The first-order valence-electron chi connectivity index (χ1n) is 23.0. The number of carbonyl (C=O) groups is 2. The Bertz CT molecular complexity index is 3340. The Morgan fingerprint density at radius 2 is 0.987 bits per heavy atom. The van der Waals surface area contributed by atoms with Gasteiger partial charge in [0.15, 0.2) is 11.6 Å². The normalized spacial score (nSPS) is 20.4. The average Bonchev–Trinajstić information content (AvgIpc) is 4.17. The lowest BCUT2D eigenvalue weighted by Crippen LogP contribution is -2.62. The van der Waals surface area contributed by atoms with Gasteiger partial charge in [-0.15, -0.1) is 0 Å². The number of halogens is 8. The monoisotopic (exact) mass is 1130 g/mol. The zero-order valence-corrected chi connectivity index (χ0v) is 41.3. The predicted octanol–water partition coefficient (Wildman–Crippen LogP) is 7.07. The van der Waals surface area contributed by atoms with E-state index in [2.05, 4.69) is 28.8 Å². The number of nitrogens with zero attached hydrogens (tertiary/aromatic N) is 8. The van der Waals surface area contributed by atoms with Gasteiger partial charge < -0.3 is 28.3 Å². The summed E-state index contributed by atoms with van der Waals surface area (Å²) in [7, 11) is -8.07. The van der Waals surface area contributed by atoms with Crippen LogP contribution in [-0.2, 0) is 51.8 Å². The van der Waals surface area contributed by atoms with Gasteiger partial charge >= 0.3 is 32.8 Å². The standard InChI is InChI=1S/2C24H19F4N5O5S/c2*25-18-10-20(15(11-29)9-17(18)14-2-1-3-16(8-14)24(26,27)28)33-19-4-6-32(12-21(19)37-13-23(33)34)39(35,36)31-22-5-7-38-30-22/h2*1-3,5,7-10,19,21H,4,6,12-13H2,(H,30,31)/t2*19-,21-/m10/s1. The summed E-state index contributed by atoms with van der Waals surface area (Å²) >= 11 is 0. The molecule has 6 heterocycles. The van der Waals surface area contributed by atoms with Crippen molar-refractivity contribution in [2.24, 2.45) is 0 Å². The summed E-state index contributed by atoms with van der Waals surface area (Å²) in [4.78, 5) is 28.2. The number of aromatic nitrogens is 2. The molecule has 2 aromatic heterocycles. The molecule has 4 aliphatic rings. The summed E-state index contributed by atoms with van der Waals surface area (Å²) < 4.78 is 188. The zero-order chi connectivity index (χ0) is 55.9. The van der Waals surface area contributed by atoms with Crippen LogP contribution in [0.5, 0.6) is 0 Å². The van der Waals surface area contributed by atoms with Crippen LogP contribution in [0.2, 0.25) is 0 Å². The molecule has 4 aromatic carbocycles. The number of anilines is 4. The Morgan fingerprint density at radius 1 is 0.590 bits per heavy atom. The number of carbonyl (C=O) groups excluding carboxylic acids is 2. The maximum Gasteiger partial charge on any atom is 0.416 e. The van der Waals surface area contributed by atoms with Gasteiger partial charge in [-0.3, -0.25) is 19.0 Å². The number of nitriles is 2. The van der Waals surface area contributed by atoms with E-state index in [0.717, 1.165) is 69.3 Å². The first kappa shape index (κ1) is 54.8. The quantitative estimate of drug-likeness (QED) is 0.130. The van der Waals surface area contributed by atoms with Gasteiger partial charge in [-0.25, -0.2) is 8.78 Å². The summed E-state index contributed by atoms with van der Waals surface area (Å²) in [5.41, 5.74) is -3.04. The number of alkyl halides is 6. The summed E-state index contributed by atoms with van der Waals surface area (Å²) in [5, 5.41) is 26.7. The highest BCUT2D eigenvalue weighted by molar-refractivity contribution is 7.90. The van der Waals surface area contributed by atoms with Gasteiger partial charge in [-0.05, 0) is 72.5 Å². The first-order valence-corrected chi connectivity index (χ1v) is 25.9. The topological polar surface area (TPSA) is 258 Å². The molecule has 0 spiro atoms.